The average molecular weight is 352 g/mol. The van der Waals surface area contributed by atoms with E-state index in [0.29, 0.717) is 0 Å². The van der Waals surface area contributed by atoms with Gasteiger partial charge in [0.05, 0.1) is 16.6 Å². The Hall–Kier alpha value is -0.960. The van der Waals surface area contributed by atoms with Gasteiger partial charge in [0.2, 0.25) is 10.0 Å². The molecule has 1 unspecified atom stereocenters. The Bertz CT molecular complexity index is 585. The highest BCUT2D eigenvalue weighted by Crippen LogP contribution is 2.25. The van der Waals surface area contributed by atoms with E-state index in [1.54, 1.807) is 0 Å². The van der Waals surface area contributed by atoms with Gasteiger partial charge in [0.1, 0.15) is 0 Å². The van der Waals surface area contributed by atoms with Crippen molar-refractivity contribution >= 4 is 31.9 Å². The zero-order chi connectivity index (χ0) is 14.8. The normalized spacial score (nSPS) is 13.5. The number of halogens is 1. The zero-order valence-corrected chi connectivity index (χ0v) is 12.8. The first kappa shape index (κ1) is 16.1. The lowest BCUT2D eigenvalue weighted by molar-refractivity contribution is 0.0696. The van der Waals surface area contributed by atoms with Crippen LogP contribution in [0.1, 0.15) is 17.3 Å². The van der Waals surface area contributed by atoms with E-state index in [4.69, 9.17) is 5.11 Å². The maximum Gasteiger partial charge on any atom is 0.335 e. The average Bonchev–Trinajstić information content (AvgIpc) is 2.27. The van der Waals surface area contributed by atoms with Gasteiger partial charge in [-0.1, -0.05) is 0 Å². The smallest absolute Gasteiger partial charge is 0.335 e. The third-order valence-corrected chi connectivity index (χ3v) is 5.20. The van der Waals surface area contributed by atoms with E-state index >= 15 is 0 Å². The number of carboxylic acid groups (broad SMARTS) is 1. The maximum atomic E-state index is 12.3. The summed E-state index contributed by atoms with van der Waals surface area (Å²) >= 11 is 3.09. The third kappa shape index (κ3) is 3.75. The van der Waals surface area contributed by atoms with Gasteiger partial charge in [0.15, 0.2) is 0 Å². The van der Waals surface area contributed by atoms with Crippen molar-refractivity contribution in [3.05, 3.63) is 28.2 Å². The quantitative estimate of drug-likeness (QED) is 0.829. The zero-order valence-electron chi connectivity index (χ0n) is 10.4. The second-order valence-corrected chi connectivity index (χ2v) is 6.95. The van der Waals surface area contributed by atoms with Gasteiger partial charge in [-0.2, -0.15) is 4.31 Å². The highest BCUT2D eigenvalue weighted by Gasteiger charge is 2.25. The number of aromatic carboxylic acids is 1. The number of carboxylic acids is 1. The first-order valence-electron chi connectivity index (χ1n) is 5.33. The monoisotopic (exact) mass is 351 g/mol. The Morgan fingerprint density at radius 1 is 1.47 bits per heavy atom. The number of aliphatic hydroxyl groups excluding tert-OH is 1. The SMILES string of the molecule is CC(O)CN(C)S(=O)(=O)c1cc(C(=O)O)ccc1Br. The number of aliphatic hydroxyl groups is 1. The highest BCUT2D eigenvalue weighted by atomic mass is 79.9. The molecule has 19 heavy (non-hydrogen) atoms. The summed E-state index contributed by atoms with van der Waals surface area (Å²) in [6, 6.07) is 3.76. The lowest BCUT2D eigenvalue weighted by Gasteiger charge is -2.19. The topological polar surface area (TPSA) is 94.9 Å². The molecule has 0 saturated heterocycles. The molecule has 0 aromatic heterocycles. The summed E-state index contributed by atoms with van der Waals surface area (Å²) < 4.78 is 25.8. The van der Waals surface area contributed by atoms with Crippen molar-refractivity contribution in [3.63, 3.8) is 0 Å². The minimum absolute atomic E-state index is 0.0773. The molecule has 0 aliphatic carbocycles. The summed E-state index contributed by atoms with van der Waals surface area (Å²) in [6.45, 7) is 1.39. The van der Waals surface area contributed by atoms with E-state index in [2.05, 4.69) is 15.9 Å². The van der Waals surface area contributed by atoms with Gasteiger partial charge in [-0.05, 0) is 41.1 Å². The number of rotatable bonds is 5. The number of carbonyl (C=O) groups is 1. The van der Waals surface area contributed by atoms with Gasteiger partial charge in [0, 0.05) is 18.1 Å². The van der Waals surface area contributed by atoms with Gasteiger partial charge >= 0.3 is 5.97 Å². The van der Waals surface area contributed by atoms with Gasteiger partial charge < -0.3 is 10.2 Å². The molecule has 106 valence electrons. The number of likely N-dealkylation sites (N-methyl/N-ethyl adjacent to an activating group) is 1. The summed E-state index contributed by atoms with van der Waals surface area (Å²) in [4.78, 5) is 10.7. The summed E-state index contributed by atoms with van der Waals surface area (Å²) in [5, 5.41) is 18.1. The van der Waals surface area contributed by atoms with Crippen LogP contribution in [0, 0.1) is 0 Å². The summed E-state index contributed by atoms with van der Waals surface area (Å²) in [5.74, 6) is -1.21. The van der Waals surface area contributed by atoms with E-state index in [1.807, 2.05) is 0 Å². The largest absolute Gasteiger partial charge is 0.478 e. The molecule has 0 amide bonds. The second-order valence-electron chi connectivity index (χ2n) is 4.08. The standard InChI is InChI=1S/C11H14BrNO5S/c1-7(14)6-13(2)19(17,18)10-5-8(11(15)16)3-4-9(10)12/h3-5,7,14H,6H2,1-2H3,(H,15,16). The Labute approximate surface area is 119 Å². The summed E-state index contributed by atoms with van der Waals surface area (Å²) in [7, 11) is -2.54. The second kappa shape index (κ2) is 6.00. The number of benzene rings is 1. The van der Waals surface area contributed by atoms with E-state index in [0.717, 1.165) is 10.4 Å². The van der Waals surface area contributed by atoms with Crippen molar-refractivity contribution in [2.45, 2.75) is 17.9 Å². The fourth-order valence-electron chi connectivity index (χ4n) is 1.47. The highest BCUT2D eigenvalue weighted by molar-refractivity contribution is 9.10. The molecule has 0 bridgehead atoms. The Morgan fingerprint density at radius 2 is 2.05 bits per heavy atom. The van der Waals surface area contributed by atoms with Crippen LogP contribution >= 0.6 is 15.9 Å². The Balaban J connectivity index is 3.28. The fourth-order valence-corrected chi connectivity index (χ4v) is 3.67. The van der Waals surface area contributed by atoms with Crippen LogP contribution in [0.25, 0.3) is 0 Å². The van der Waals surface area contributed by atoms with Crippen molar-refractivity contribution in [2.75, 3.05) is 13.6 Å². The predicted octanol–water partition coefficient (Wildman–Crippen LogP) is 1.15. The molecule has 0 heterocycles. The van der Waals surface area contributed by atoms with Crippen LogP contribution < -0.4 is 0 Å². The molecule has 0 radical (unpaired) electrons. The summed E-state index contributed by atoms with van der Waals surface area (Å²) in [5.41, 5.74) is -0.118. The molecule has 8 heteroatoms. The molecule has 0 aliphatic rings. The minimum atomic E-state index is -3.86. The fraction of sp³-hybridized carbons (Fsp3) is 0.364. The third-order valence-electron chi connectivity index (χ3n) is 2.39. The molecular weight excluding hydrogens is 338 g/mol. The number of hydrogen-bond donors (Lipinski definition) is 2. The van der Waals surface area contributed by atoms with Gasteiger partial charge in [-0.15, -0.1) is 0 Å². The molecule has 1 aromatic rings. The number of hydrogen-bond acceptors (Lipinski definition) is 4. The van der Waals surface area contributed by atoms with Crippen LogP contribution in [0.5, 0.6) is 0 Å². The van der Waals surface area contributed by atoms with Crippen molar-refractivity contribution < 1.29 is 23.4 Å². The first-order valence-corrected chi connectivity index (χ1v) is 7.57. The van der Waals surface area contributed by atoms with Crippen LogP contribution in [0.4, 0.5) is 0 Å². The van der Waals surface area contributed by atoms with Crippen molar-refractivity contribution in [2.24, 2.45) is 0 Å². The molecule has 0 saturated carbocycles. The molecule has 1 atom stereocenters. The first-order chi connectivity index (χ1) is 8.66. The van der Waals surface area contributed by atoms with E-state index in [-0.39, 0.29) is 21.5 Å². The predicted molar refractivity (Wildman–Crippen MR) is 72.6 cm³/mol. The molecule has 0 spiro atoms. The summed E-state index contributed by atoms with van der Waals surface area (Å²) in [6.07, 6.45) is -0.818. The van der Waals surface area contributed by atoms with E-state index in [9.17, 15) is 18.3 Å². The van der Waals surface area contributed by atoms with Gasteiger partial charge in [0.25, 0.3) is 0 Å². The van der Waals surface area contributed by atoms with E-state index in [1.165, 1.54) is 26.1 Å². The van der Waals surface area contributed by atoms with E-state index < -0.39 is 22.1 Å². The molecule has 6 nitrogen and oxygen atoms in total. The van der Waals surface area contributed by atoms with Crippen molar-refractivity contribution in [1.29, 1.82) is 0 Å². The molecule has 0 aliphatic heterocycles. The molecule has 2 N–H and O–H groups in total. The van der Waals surface area contributed by atoms with Crippen LogP contribution in [0.15, 0.2) is 27.6 Å². The molecule has 1 aromatic carbocycles. The van der Waals surface area contributed by atoms with Crippen LogP contribution in [0.2, 0.25) is 0 Å². The number of sulfonamides is 1. The van der Waals surface area contributed by atoms with Crippen LogP contribution in [-0.4, -0.2) is 48.6 Å². The Morgan fingerprint density at radius 3 is 2.53 bits per heavy atom. The Kier molecular flexibility index (Phi) is 5.08. The van der Waals surface area contributed by atoms with Crippen LogP contribution in [0.3, 0.4) is 0 Å². The van der Waals surface area contributed by atoms with Gasteiger partial charge in [-0.25, -0.2) is 13.2 Å². The van der Waals surface area contributed by atoms with Crippen molar-refractivity contribution in [3.8, 4) is 0 Å². The molecule has 1 rings (SSSR count). The number of nitrogens with zero attached hydrogens (tertiary/aromatic N) is 1. The van der Waals surface area contributed by atoms with Crippen LogP contribution in [-0.2, 0) is 10.0 Å². The lowest BCUT2D eigenvalue weighted by Crippen LogP contribution is -2.33. The maximum absolute atomic E-state index is 12.3. The molecular formula is C11H14BrNO5S. The lowest BCUT2D eigenvalue weighted by atomic mass is 10.2. The molecule has 0 fully saturated rings. The van der Waals surface area contributed by atoms with Gasteiger partial charge in [-0.3, -0.25) is 0 Å². The van der Waals surface area contributed by atoms with Crippen molar-refractivity contribution in [1.82, 2.24) is 4.31 Å². The minimum Gasteiger partial charge on any atom is -0.478 e.